The van der Waals surface area contributed by atoms with Crippen molar-refractivity contribution in [3.63, 3.8) is 0 Å². The van der Waals surface area contributed by atoms with Crippen molar-refractivity contribution in [2.24, 2.45) is 0 Å². The molecule has 4 aromatic rings. The largest absolute Gasteiger partial charge is 0.269 e. The Morgan fingerprint density at radius 1 is 0.840 bits per heavy atom. The van der Waals surface area contributed by atoms with Crippen LogP contribution in [0.4, 0.5) is 0 Å². The highest BCUT2D eigenvalue weighted by Crippen LogP contribution is 2.26. The van der Waals surface area contributed by atoms with Crippen LogP contribution in [-0.4, -0.2) is 17.4 Å². The van der Waals surface area contributed by atoms with Crippen LogP contribution >= 0.6 is 0 Å². The first-order chi connectivity index (χ1) is 11.9. The molecule has 0 aliphatic rings. The molecule has 0 atom stereocenters. The van der Waals surface area contributed by atoms with Gasteiger partial charge in [0.25, 0.3) is 10.0 Å². The number of fused-ring (bicyclic) bond motifs is 2. The molecule has 0 saturated carbocycles. The summed E-state index contributed by atoms with van der Waals surface area (Å²) in [6.07, 6.45) is 1.39. The second-order valence-corrected chi connectivity index (χ2v) is 8.30. The van der Waals surface area contributed by atoms with Gasteiger partial charge < -0.3 is 0 Å². The Morgan fingerprint density at radius 3 is 2.36 bits per heavy atom. The predicted octanol–water partition coefficient (Wildman–Crippen LogP) is 4.35. The molecule has 0 bridgehead atoms. The summed E-state index contributed by atoms with van der Waals surface area (Å²) in [7, 11) is -3.70. The van der Waals surface area contributed by atoms with Crippen LogP contribution in [-0.2, 0) is 10.0 Å². The summed E-state index contributed by atoms with van der Waals surface area (Å²) in [5, 5.41) is 1.93. The van der Waals surface area contributed by atoms with E-state index in [4.69, 9.17) is 0 Å². The zero-order valence-corrected chi connectivity index (χ0v) is 15.1. The maximum absolute atomic E-state index is 13.2. The number of aromatic nitrogens is 2. The molecule has 3 aromatic carbocycles. The highest BCUT2D eigenvalue weighted by atomic mass is 32.2. The molecular formula is C20H18N2O2S. The highest BCUT2D eigenvalue weighted by molar-refractivity contribution is 7.90. The lowest BCUT2D eigenvalue weighted by atomic mass is 10.1. The highest BCUT2D eigenvalue weighted by Gasteiger charge is 2.20. The standard InChI is InChI=1S/C20H18N2O2S/c1-13-4-5-16-6-7-18(11-17(16)8-13)25(23,24)22-12-21-19-9-14(2)15(3)10-20(19)22/h4-12H,1-3H3. The van der Waals surface area contributed by atoms with Gasteiger partial charge in [0.15, 0.2) is 0 Å². The lowest BCUT2D eigenvalue weighted by Crippen LogP contribution is -2.12. The van der Waals surface area contributed by atoms with Crippen LogP contribution in [0.3, 0.4) is 0 Å². The number of imidazole rings is 1. The van der Waals surface area contributed by atoms with Gasteiger partial charge in [0.2, 0.25) is 0 Å². The van der Waals surface area contributed by atoms with Crippen LogP contribution in [0, 0.1) is 20.8 Å². The Morgan fingerprint density at radius 2 is 1.56 bits per heavy atom. The third kappa shape index (κ3) is 2.51. The van der Waals surface area contributed by atoms with Gasteiger partial charge in [-0.3, -0.25) is 0 Å². The Kier molecular flexibility index (Phi) is 3.44. The summed E-state index contributed by atoms with van der Waals surface area (Å²) in [5.74, 6) is 0. The van der Waals surface area contributed by atoms with Crippen LogP contribution in [0.15, 0.2) is 59.8 Å². The van der Waals surface area contributed by atoms with Gasteiger partial charge in [0, 0.05) is 0 Å². The summed E-state index contributed by atoms with van der Waals surface area (Å²) in [4.78, 5) is 4.54. The zero-order chi connectivity index (χ0) is 17.8. The molecule has 0 saturated heterocycles. The molecule has 0 fully saturated rings. The normalized spacial score (nSPS) is 12.1. The van der Waals surface area contributed by atoms with E-state index < -0.39 is 10.0 Å². The van der Waals surface area contributed by atoms with E-state index in [2.05, 4.69) is 4.98 Å². The second kappa shape index (κ2) is 5.43. The molecule has 5 heteroatoms. The van der Waals surface area contributed by atoms with E-state index in [1.807, 2.05) is 57.2 Å². The molecular weight excluding hydrogens is 332 g/mol. The molecule has 4 nitrogen and oxygen atoms in total. The minimum atomic E-state index is -3.70. The van der Waals surface area contributed by atoms with E-state index in [1.54, 1.807) is 12.1 Å². The van der Waals surface area contributed by atoms with Crippen molar-refractivity contribution in [2.45, 2.75) is 25.7 Å². The molecule has 4 rings (SSSR count). The number of benzene rings is 3. The van der Waals surface area contributed by atoms with E-state index >= 15 is 0 Å². The van der Waals surface area contributed by atoms with Crippen LogP contribution in [0.1, 0.15) is 16.7 Å². The van der Waals surface area contributed by atoms with Crippen LogP contribution in [0.5, 0.6) is 0 Å². The molecule has 0 N–H and O–H groups in total. The van der Waals surface area contributed by atoms with Gasteiger partial charge >= 0.3 is 0 Å². The van der Waals surface area contributed by atoms with Crippen molar-refractivity contribution >= 4 is 31.8 Å². The SMILES string of the molecule is Cc1ccc2ccc(S(=O)(=O)n3cnc4cc(C)c(C)cc43)cc2c1. The van der Waals surface area contributed by atoms with Crippen molar-refractivity contribution < 1.29 is 8.42 Å². The molecule has 0 radical (unpaired) electrons. The van der Waals surface area contributed by atoms with Crippen molar-refractivity contribution in [3.8, 4) is 0 Å². The number of rotatable bonds is 2. The minimum Gasteiger partial charge on any atom is -0.236 e. The van der Waals surface area contributed by atoms with E-state index in [9.17, 15) is 8.42 Å². The lowest BCUT2D eigenvalue weighted by Gasteiger charge is -2.09. The molecule has 0 spiro atoms. The third-order valence-electron chi connectivity index (χ3n) is 4.65. The fourth-order valence-corrected chi connectivity index (χ4v) is 4.37. The molecule has 1 aromatic heterocycles. The van der Waals surface area contributed by atoms with Gasteiger partial charge in [0.05, 0.1) is 15.9 Å². The molecule has 0 aliphatic carbocycles. The maximum atomic E-state index is 13.2. The summed E-state index contributed by atoms with van der Waals surface area (Å²) < 4.78 is 27.6. The fourth-order valence-electron chi connectivity index (χ4n) is 3.05. The number of hydrogen-bond donors (Lipinski definition) is 0. The van der Waals surface area contributed by atoms with Crippen LogP contribution in [0.25, 0.3) is 21.8 Å². The Labute approximate surface area is 146 Å². The number of nitrogens with zero attached hydrogens (tertiary/aromatic N) is 2. The fraction of sp³-hybridized carbons (Fsp3) is 0.150. The van der Waals surface area contributed by atoms with Gasteiger partial charge in [0.1, 0.15) is 6.33 Å². The van der Waals surface area contributed by atoms with Gasteiger partial charge in [-0.15, -0.1) is 0 Å². The molecule has 0 aliphatic heterocycles. The van der Waals surface area contributed by atoms with E-state index in [0.717, 1.165) is 27.5 Å². The van der Waals surface area contributed by atoms with Gasteiger partial charge in [-0.2, -0.15) is 0 Å². The Balaban J connectivity index is 1.94. The second-order valence-electron chi connectivity index (χ2n) is 6.48. The van der Waals surface area contributed by atoms with E-state index in [1.165, 1.54) is 10.3 Å². The van der Waals surface area contributed by atoms with Crippen molar-refractivity contribution in [1.29, 1.82) is 0 Å². The summed E-state index contributed by atoms with van der Waals surface area (Å²) >= 11 is 0. The average Bonchev–Trinajstić information content (AvgIpc) is 2.98. The van der Waals surface area contributed by atoms with E-state index in [0.29, 0.717) is 11.0 Å². The van der Waals surface area contributed by atoms with E-state index in [-0.39, 0.29) is 4.90 Å². The minimum absolute atomic E-state index is 0.267. The molecule has 25 heavy (non-hydrogen) atoms. The summed E-state index contributed by atoms with van der Waals surface area (Å²) in [6, 6.07) is 15.0. The van der Waals surface area contributed by atoms with Crippen LogP contribution < -0.4 is 0 Å². The molecule has 0 amide bonds. The first kappa shape index (κ1) is 15.8. The molecule has 126 valence electrons. The smallest absolute Gasteiger partial charge is 0.236 e. The monoisotopic (exact) mass is 350 g/mol. The summed E-state index contributed by atoms with van der Waals surface area (Å²) in [6.45, 7) is 5.96. The van der Waals surface area contributed by atoms with Crippen LogP contribution in [0.2, 0.25) is 0 Å². The van der Waals surface area contributed by atoms with Gasteiger partial charge in [-0.25, -0.2) is 17.4 Å². The van der Waals surface area contributed by atoms with Gasteiger partial charge in [-0.05, 0) is 66.9 Å². The summed E-state index contributed by atoms with van der Waals surface area (Å²) in [5.41, 5.74) is 4.52. The third-order valence-corrected chi connectivity index (χ3v) is 6.31. The van der Waals surface area contributed by atoms with Gasteiger partial charge in [-0.1, -0.05) is 29.8 Å². The maximum Gasteiger partial charge on any atom is 0.269 e. The average molecular weight is 350 g/mol. The number of aryl methyl sites for hydroxylation is 3. The van der Waals surface area contributed by atoms with Crippen molar-refractivity contribution in [2.75, 3.05) is 0 Å². The zero-order valence-electron chi connectivity index (χ0n) is 14.3. The molecule has 1 heterocycles. The quantitative estimate of drug-likeness (QED) is 0.540. The lowest BCUT2D eigenvalue weighted by molar-refractivity contribution is 0.589. The topological polar surface area (TPSA) is 52.0 Å². The Bertz CT molecular complexity index is 1240. The first-order valence-corrected chi connectivity index (χ1v) is 9.50. The number of hydrogen-bond acceptors (Lipinski definition) is 3. The Hall–Kier alpha value is -2.66. The van der Waals surface area contributed by atoms with Crippen molar-refractivity contribution in [1.82, 2.24) is 8.96 Å². The van der Waals surface area contributed by atoms with Crippen molar-refractivity contribution in [3.05, 3.63) is 71.5 Å². The predicted molar refractivity (Wildman–Crippen MR) is 100 cm³/mol. The molecule has 0 unspecified atom stereocenters. The first-order valence-electron chi connectivity index (χ1n) is 8.06.